The number of hydrogen-bond donors (Lipinski definition) is 1. The number of benzene rings is 2. The molecule has 2 rings (SSSR count). The molecule has 1 unspecified atom stereocenters. The lowest BCUT2D eigenvalue weighted by Gasteiger charge is -2.16. The Morgan fingerprint density at radius 2 is 1.86 bits per heavy atom. The summed E-state index contributed by atoms with van der Waals surface area (Å²) in [4.78, 5) is 11.6. The third-order valence-corrected chi connectivity index (χ3v) is 3.15. The Bertz CT molecular complexity index is 610. The van der Waals surface area contributed by atoms with E-state index in [2.05, 4.69) is 5.32 Å². The predicted molar refractivity (Wildman–Crippen MR) is 80.8 cm³/mol. The van der Waals surface area contributed by atoms with Crippen LogP contribution in [0.3, 0.4) is 0 Å². The van der Waals surface area contributed by atoms with Crippen LogP contribution in [0.1, 0.15) is 35.8 Å². The maximum absolute atomic E-state index is 13.7. The third kappa shape index (κ3) is 3.81. The highest BCUT2D eigenvalue weighted by atomic mass is 19.1. The SMILES string of the molecule is CCOC(=O)c1ccc(NC(C)c2ccccc2F)cc1. The van der Waals surface area contributed by atoms with Gasteiger partial charge in [0.1, 0.15) is 5.82 Å². The molecule has 2 aromatic carbocycles. The van der Waals surface area contributed by atoms with Gasteiger partial charge in [0.15, 0.2) is 0 Å². The molecule has 0 saturated heterocycles. The lowest BCUT2D eigenvalue weighted by atomic mass is 10.1. The first-order valence-corrected chi connectivity index (χ1v) is 6.90. The zero-order valence-electron chi connectivity index (χ0n) is 12.1. The van der Waals surface area contributed by atoms with Crippen molar-refractivity contribution < 1.29 is 13.9 Å². The van der Waals surface area contributed by atoms with Gasteiger partial charge in [-0.05, 0) is 44.2 Å². The fourth-order valence-electron chi connectivity index (χ4n) is 2.07. The molecule has 1 atom stereocenters. The first-order chi connectivity index (χ1) is 10.1. The predicted octanol–water partition coefficient (Wildman–Crippen LogP) is 4.18. The molecule has 0 fully saturated rings. The van der Waals surface area contributed by atoms with Crippen LogP contribution in [0, 0.1) is 5.82 Å². The molecule has 110 valence electrons. The van der Waals surface area contributed by atoms with Crippen molar-refractivity contribution in [3.8, 4) is 0 Å². The molecule has 2 aromatic rings. The van der Waals surface area contributed by atoms with Crippen molar-refractivity contribution in [2.45, 2.75) is 19.9 Å². The van der Waals surface area contributed by atoms with Gasteiger partial charge in [0, 0.05) is 11.3 Å². The molecule has 1 N–H and O–H groups in total. The van der Waals surface area contributed by atoms with Crippen molar-refractivity contribution in [3.63, 3.8) is 0 Å². The smallest absolute Gasteiger partial charge is 0.338 e. The van der Waals surface area contributed by atoms with Crippen LogP contribution in [0.5, 0.6) is 0 Å². The van der Waals surface area contributed by atoms with Gasteiger partial charge in [0.25, 0.3) is 0 Å². The Balaban J connectivity index is 2.07. The highest BCUT2D eigenvalue weighted by Crippen LogP contribution is 2.21. The summed E-state index contributed by atoms with van der Waals surface area (Å²) < 4.78 is 18.6. The number of anilines is 1. The van der Waals surface area contributed by atoms with E-state index >= 15 is 0 Å². The fourth-order valence-corrected chi connectivity index (χ4v) is 2.07. The molecule has 0 heterocycles. The Hall–Kier alpha value is -2.36. The monoisotopic (exact) mass is 287 g/mol. The first kappa shape index (κ1) is 15.0. The van der Waals surface area contributed by atoms with Crippen molar-refractivity contribution in [2.75, 3.05) is 11.9 Å². The number of halogens is 1. The summed E-state index contributed by atoms with van der Waals surface area (Å²) in [6, 6.07) is 13.4. The van der Waals surface area contributed by atoms with E-state index in [-0.39, 0.29) is 17.8 Å². The lowest BCUT2D eigenvalue weighted by molar-refractivity contribution is 0.0526. The summed E-state index contributed by atoms with van der Waals surface area (Å²) in [7, 11) is 0. The standard InChI is InChI=1S/C17H18FNO2/c1-3-21-17(20)13-8-10-14(11-9-13)19-12(2)15-6-4-5-7-16(15)18/h4-12,19H,3H2,1-2H3. The van der Waals surface area contributed by atoms with Gasteiger partial charge in [0.2, 0.25) is 0 Å². The second kappa shape index (κ2) is 6.88. The molecule has 0 spiro atoms. The van der Waals surface area contributed by atoms with Crippen molar-refractivity contribution in [3.05, 3.63) is 65.5 Å². The topological polar surface area (TPSA) is 38.3 Å². The molecule has 0 aliphatic rings. The van der Waals surface area contributed by atoms with Crippen molar-refractivity contribution in [1.29, 1.82) is 0 Å². The van der Waals surface area contributed by atoms with E-state index in [0.29, 0.717) is 17.7 Å². The Morgan fingerprint density at radius 3 is 2.48 bits per heavy atom. The largest absolute Gasteiger partial charge is 0.462 e. The number of rotatable bonds is 5. The van der Waals surface area contributed by atoms with Gasteiger partial charge < -0.3 is 10.1 Å². The minimum absolute atomic E-state index is 0.167. The Kier molecular flexibility index (Phi) is 4.93. The second-order valence-corrected chi connectivity index (χ2v) is 4.69. The van der Waals surface area contributed by atoms with Crippen LogP contribution >= 0.6 is 0 Å². The number of ether oxygens (including phenoxy) is 1. The van der Waals surface area contributed by atoms with E-state index in [1.165, 1.54) is 6.07 Å². The van der Waals surface area contributed by atoms with Crippen LogP contribution in [0.4, 0.5) is 10.1 Å². The maximum atomic E-state index is 13.7. The van der Waals surface area contributed by atoms with Gasteiger partial charge in [-0.15, -0.1) is 0 Å². The molecule has 3 nitrogen and oxygen atoms in total. The highest BCUT2D eigenvalue weighted by Gasteiger charge is 2.11. The van der Waals surface area contributed by atoms with Gasteiger partial charge in [0.05, 0.1) is 18.2 Å². The lowest BCUT2D eigenvalue weighted by Crippen LogP contribution is -2.09. The van der Waals surface area contributed by atoms with Crippen LogP contribution in [-0.2, 0) is 4.74 Å². The number of nitrogens with one attached hydrogen (secondary N) is 1. The van der Waals surface area contributed by atoms with E-state index in [1.54, 1.807) is 49.4 Å². The van der Waals surface area contributed by atoms with Crippen LogP contribution in [-0.4, -0.2) is 12.6 Å². The summed E-state index contributed by atoms with van der Waals surface area (Å²) in [5, 5.41) is 3.21. The van der Waals surface area contributed by atoms with Crippen LogP contribution in [0.2, 0.25) is 0 Å². The Morgan fingerprint density at radius 1 is 1.19 bits per heavy atom. The van der Waals surface area contributed by atoms with Gasteiger partial charge in [-0.1, -0.05) is 18.2 Å². The molecule has 21 heavy (non-hydrogen) atoms. The molecule has 4 heteroatoms. The Labute approximate surface area is 123 Å². The minimum atomic E-state index is -0.341. The van der Waals surface area contributed by atoms with E-state index < -0.39 is 0 Å². The number of carbonyl (C=O) groups excluding carboxylic acids is 1. The second-order valence-electron chi connectivity index (χ2n) is 4.69. The van der Waals surface area contributed by atoms with Gasteiger partial charge in [-0.2, -0.15) is 0 Å². The van der Waals surface area contributed by atoms with Gasteiger partial charge >= 0.3 is 5.97 Å². The van der Waals surface area contributed by atoms with Crippen LogP contribution in [0.15, 0.2) is 48.5 Å². The first-order valence-electron chi connectivity index (χ1n) is 6.90. The highest BCUT2D eigenvalue weighted by molar-refractivity contribution is 5.89. The molecule has 0 aliphatic carbocycles. The summed E-state index contributed by atoms with van der Waals surface area (Å²) in [6.07, 6.45) is 0. The van der Waals surface area contributed by atoms with E-state index in [4.69, 9.17) is 4.74 Å². The molecular formula is C17H18FNO2. The molecule has 0 bridgehead atoms. The summed E-state index contributed by atoms with van der Waals surface area (Å²) in [5.74, 6) is -0.577. The zero-order valence-corrected chi connectivity index (χ0v) is 12.1. The minimum Gasteiger partial charge on any atom is -0.462 e. The van der Waals surface area contributed by atoms with Crippen LogP contribution < -0.4 is 5.32 Å². The van der Waals surface area contributed by atoms with E-state index in [1.807, 2.05) is 6.92 Å². The summed E-state index contributed by atoms with van der Waals surface area (Å²) >= 11 is 0. The average Bonchev–Trinajstić information content (AvgIpc) is 2.48. The quantitative estimate of drug-likeness (QED) is 0.839. The normalized spacial score (nSPS) is 11.8. The van der Waals surface area contributed by atoms with Crippen LogP contribution in [0.25, 0.3) is 0 Å². The van der Waals surface area contributed by atoms with Crippen molar-refractivity contribution >= 4 is 11.7 Å². The molecular weight excluding hydrogens is 269 g/mol. The number of hydrogen-bond acceptors (Lipinski definition) is 3. The summed E-state index contributed by atoms with van der Waals surface area (Å²) in [6.45, 7) is 4.00. The molecule has 0 saturated carbocycles. The fraction of sp³-hybridized carbons (Fsp3) is 0.235. The average molecular weight is 287 g/mol. The zero-order chi connectivity index (χ0) is 15.2. The third-order valence-electron chi connectivity index (χ3n) is 3.15. The molecule has 0 radical (unpaired) electrons. The van der Waals surface area contributed by atoms with Crippen molar-refractivity contribution in [1.82, 2.24) is 0 Å². The van der Waals surface area contributed by atoms with E-state index in [9.17, 15) is 9.18 Å². The molecule has 0 aliphatic heterocycles. The summed E-state index contributed by atoms with van der Waals surface area (Å²) in [5.41, 5.74) is 1.92. The maximum Gasteiger partial charge on any atom is 0.338 e. The number of carbonyl (C=O) groups is 1. The molecule has 0 aromatic heterocycles. The van der Waals surface area contributed by atoms with Crippen molar-refractivity contribution in [2.24, 2.45) is 0 Å². The van der Waals surface area contributed by atoms with Gasteiger partial charge in [-0.25, -0.2) is 9.18 Å². The number of esters is 1. The van der Waals surface area contributed by atoms with Gasteiger partial charge in [-0.3, -0.25) is 0 Å². The van der Waals surface area contributed by atoms with E-state index in [0.717, 1.165) is 5.69 Å². The molecule has 0 amide bonds.